The Bertz CT molecular complexity index is 577. The largest absolute Gasteiger partial charge is 0.478 e. The molecule has 19 heavy (non-hydrogen) atoms. The van der Waals surface area contributed by atoms with Crippen LogP contribution in [-0.2, 0) is 6.54 Å². The zero-order chi connectivity index (χ0) is 13.8. The number of hydrogen-bond donors (Lipinski definition) is 2. The highest BCUT2D eigenvalue weighted by molar-refractivity contribution is 9.11. The van der Waals surface area contributed by atoms with Gasteiger partial charge in [-0.3, -0.25) is 0 Å². The Morgan fingerprint density at radius 2 is 1.63 bits per heavy atom. The number of anilines is 1. The van der Waals surface area contributed by atoms with Crippen LogP contribution in [0.5, 0.6) is 0 Å². The fourth-order valence-electron chi connectivity index (χ4n) is 1.62. The summed E-state index contributed by atoms with van der Waals surface area (Å²) in [4.78, 5) is 10.8. The average Bonchev–Trinajstić information content (AvgIpc) is 2.38. The van der Waals surface area contributed by atoms with Gasteiger partial charge in [-0.1, -0.05) is 18.2 Å². The van der Waals surface area contributed by atoms with Gasteiger partial charge in [0.2, 0.25) is 0 Å². The van der Waals surface area contributed by atoms with E-state index in [1.165, 1.54) is 0 Å². The minimum atomic E-state index is -0.909. The maximum Gasteiger partial charge on any atom is 0.335 e. The normalized spacial score (nSPS) is 10.2. The summed E-state index contributed by atoms with van der Waals surface area (Å²) < 4.78 is 1.95. The molecule has 0 saturated carbocycles. The average molecular weight is 385 g/mol. The molecule has 0 bridgehead atoms. The number of aromatic carboxylic acids is 1. The lowest BCUT2D eigenvalue weighted by Crippen LogP contribution is -2.02. The van der Waals surface area contributed by atoms with E-state index < -0.39 is 5.97 Å². The summed E-state index contributed by atoms with van der Waals surface area (Å²) in [7, 11) is 0. The van der Waals surface area contributed by atoms with Crippen LogP contribution < -0.4 is 5.32 Å². The Balaban J connectivity index is 2.08. The number of halogens is 2. The van der Waals surface area contributed by atoms with Crippen LogP contribution in [0.25, 0.3) is 0 Å². The van der Waals surface area contributed by atoms with Crippen molar-refractivity contribution < 1.29 is 9.90 Å². The zero-order valence-corrected chi connectivity index (χ0v) is 13.0. The van der Waals surface area contributed by atoms with Crippen molar-refractivity contribution in [3.63, 3.8) is 0 Å². The third-order valence-electron chi connectivity index (χ3n) is 2.63. The molecule has 0 heterocycles. The minimum Gasteiger partial charge on any atom is -0.478 e. The standard InChI is InChI=1S/C14H11Br2NO2/c15-11-2-1-3-12(16)13(11)17-8-9-4-6-10(7-5-9)14(18)19/h1-7,17H,8H2,(H,18,19). The van der Waals surface area contributed by atoms with E-state index in [1.54, 1.807) is 24.3 Å². The SMILES string of the molecule is O=C(O)c1ccc(CNc2c(Br)cccc2Br)cc1. The molecule has 5 heteroatoms. The van der Waals surface area contributed by atoms with Crippen molar-refractivity contribution in [2.24, 2.45) is 0 Å². The van der Waals surface area contributed by atoms with E-state index in [4.69, 9.17) is 5.11 Å². The van der Waals surface area contributed by atoms with Gasteiger partial charge in [0.15, 0.2) is 0 Å². The second-order valence-corrected chi connectivity index (χ2v) is 5.66. The van der Waals surface area contributed by atoms with Crippen LogP contribution in [0, 0.1) is 0 Å². The predicted octanol–water partition coefficient (Wildman–Crippen LogP) is 4.52. The van der Waals surface area contributed by atoms with E-state index in [0.717, 1.165) is 20.2 Å². The highest BCUT2D eigenvalue weighted by Gasteiger charge is 2.05. The first-order valence-corrected chi connectivity index (χ1v) is 7.16. The fraction of sp³-hybridized carbons (Fsp3) is 0.0714. The molecule has 0 spiro atoms. The molecule has 0 unspecified atom stereocenters. The van der Waals surface area contributed by atoms with E-state index in [-0.39, 0.29) is 0 Å². The Kier molecular flexibility index (Phi) is 4.61. The van der Waals surface area contributed by atoms with Crippen molar-refractivity contribution in [1.82, 2.24) is 0 Å². The molecule has 0 aliphatic carbocycles. The molecule has 2 aromatic carbocycles. The number of carbonyl (C=O) groups is 1. The van der Waals surface area contributed by atoms with Gasteiger partial charge >= 0.3 is 5.97 Å². The van der Waals surface area contributed by atoms with Gasteiger partial charge in [-0.2, -0.15) is 0 Å². The van der Waals surface area contributed by atoms with Crippen LogP contribution in [0.2, 0.25) is 0 Å². The minimum absolute atomic E-state index is 0.297. The van der Waals surface area contributed by atoms with Gasteiger partial charge in [-0.15, -0.1) is 0 Å². The highest BCUT2D eigenvalue weighted by atomic mass is 79.9. The Labute approximate surface area is 127 Å². The predicted molar refractivity (Wildman–Crippen MR) is 82.6 cm³/mol. The first kappa shape index (κ1) is 14.1. The van der Waals surface area contributed by atoms with Crippen LogP contribution in [-0.4, -0.2) is 11.1 Å². The van der Waals surface area contributed by atoms with Crippen LogP contribution in [0.4, 0.5) is 5.69 Å². The molecule has 3 nitrogen and oxygen atoms in total. The van der Waals surface area contributed by atoms with Crippen LogP contribution >= 0.6 is 31.9 Å². The van der Waals surface area contributed by atoms with Gasteiger partial charge < -0.3 is 10.4 Å². The quantitative estimate of drug-likeness (QED) is 0.814. The third kappa shape index (κ3) is 3.58. The first-order chi connectivity index (χ1) is 9.08. The first-order valence-electron chi connectivity index (χ1n) is 5.58. The van der Waals surface area contributed by atoms with Gasteiger partial charge in [0.05, 0.1) is 11.3 Å². The maximum absolute atomic E-state index is 10.8. The molecule has 0 radical (unpaired) electrons. The summed E-state index contributed by atoms with van der Waals surface area (Å²) in [5.41, 5.74) is 2.29. The van der Waals surface area contributed by atoms with E-state index in [9.17, 15) is 4.79 Å². The number of nitrogens with one attached hydrogen (secondary N) is 1. The molecule has 2 aromatic rings. The van der Waals surface area contributed by atoms with Gasteiger partial charge in [-0.05, 0) is 61.7 Å². The van der Waals surface area contributed by atoms with E-state index >= 15 is 0 Å². The number of carboxylic acids is 1. The molecule has 0 amide bonds. The highest BCUT2D eigenvalue weighted by Crippen LogP contribution is 2.30. The molecule has 0 aromatic heterocycles. The molecule has 2 N–H and O–H groups in total. The number of hydrogen-bond acceptors (Lipinski definition) is 2. The number of carboxylic acid groups (broad SMARTS) is 1. The van der Waals surface area contributed by atoms with E-state index in [2.05, 4.69) is 37.2 Å². The van der Waals surface area contributed by atoms with Gasteiger partial charge in [0.1, 0.15) is 0 Å². The van der Waals surface area contributed by atoms with Gasteiger partial charge in [0.25, 0.3) is 0 Å². The van der Waals surface area contributed by atoms with Crippen molar-refractivity contribution >= 4 is 43.5 Å². The molecular weight excluding hydrogens is 374 g/mol. The van der Waals surface area contributed by atoms with Crippen LogP contribution in [0.3, 0.4) is 0 Å². The molecule has 0 atom stereocenters. The molecule has 0 fully saturated rings. The lowest BCUT2D eigenvalue weighted by molar-refractivity contribution is 0.0697. The molecule has 2 rings (SSSR count). The van der Waals surface area contributed by atoms with E-state index in [1.807, 2.05) is 18.2 Å². The Hall–Kier alpha value is -1.33. The van der Waals surface area contributed by atoms with Gasteiger partial charge in [0, 0.05) is 15.5 Å². The summed E-state index contributed by atoms with van der Waals surface area (Å²) in [5, 5.41) is 12.1. The number of benzene rings is 2. The lowest BCUT2D eigenvalue weighted by atomic mass is 10.1. The third-order valence-corrected chi connectivity index (χ3v) is 3.95. The zero-order valence-electron chi connectivity index (χ0n) is 9.86. The maximum atomic E-state index is 10.8. The van der Waals surface area contributed by atoms with Crippen molar-refractivity contribution in [2.75, 3.05) is 5.32 Å². The topological polar surface area (TPSA) is 49.3 Å². The van der Waals surface area contributed by atoms with Crippen molar-refractivity contribution in [1.29, 1.82) is 0 Å². The van der Waals surface area contributed by atoms with Crippen LogP contribution in [0.1, 0.15) is 15.9 Å². The van der Waals surface area contributed by atoms with Gasteiger partial charge in [-0.25, -0.2) is 4.79 Å². The van der Waals surface area contributed by atoms with Crippen molar-refractivity contribution in [2.45, 2.75) is 6.54 Å². The second-order valence-electron chi connectivity index (χ2n) is 3.95. The Morgan fingerprint density at radius 3 is 2.16 bits per heavy atom. The Morgan fingerprint density at radius 1 is 1.05 bits per heavy atom. The monoisotopic (exact) mass is 383 g/mol. The molecule has 0 aliphatic rings. The van der Waals surface area contributed by atoms with Crippen LogP contribution in [0.15, 0.2) is 51.4 Å². The van der Waals surface area contributed by atoms with Crippen molar-refractivity contribution in [3.05, 3.63) is 62.5 Å². The molecule has 0 saturated heterocycles. The molecule has 0 aliphatic heterocycles. The molecule has 98 valence electrons. The summed E-state index contributed by atoms with van der Waals surface area (Å²) in [6, 6.07) is 12.7. The fourth-order valence-corrected chi connectivity index (χ4v) is 2.90. The number of rotatable bonds is 4. The number of para-hydroxylation sites is 1. The molecular formula is C14H11Br2NO2. The van der Waals surface area contributed by atoms with E-state index in [0.29, 0.717) is 12.1 Å². The summed E-state index contributed by atoms with van der Waals surface area (Å²) >= 11 is 6.96. The summed E-state index contributed by atoms with van der Waals surface area (Å²) in [6.45, 7) is 0.626. The summed E-state index contributed by atoms with van der Waals surface area (Å²) in [6.07, 6.45) is 0. The second kappa shape index (κ2) is 6.21. The van der Waals surface area contributed by atoms with Crippen molar-refractivity contribution in [3.8, 4) is 0 Å². The smallest absolute Gasteiger partial charge is 0.335 e. The lowest BCUT2D eigenvalue weighted by Gasteiger charge is -2.10. The summed E-state index contributed by atoms with van der Waals surface area (Å²) in [5.74, 6) is -0.909.